The number of halogens is 1. The van der Waals surface area contributed by atoms with Crippen LogP contribution in [0.2, 0.25) is 0 Å². The molecule has 7 heteroatoms. The summed E-state index contributed by atoms with van der Waals surface area (Å²) in [5, 5.41) is 8.74. The van der Waals surface area contributed by atoms with Gasteiger partial charge in [-0.1, -0.05) is 6.92 Å². The summed E-state index contributed by atoms with van der Waals surface area (Å²) in [7, 11) is 0. The van der Waals surface area contributed by atoms with Crippen molar-refractivity contribution in [1.82, 2.24) is 10.3 Å². The van der Waals surface area contributed by atoms with E-state index in [1.807, 2.05) is 29.6 Å². The molecule has 2 heterocycles. The molecule has 130 valence electrons. The number of hydrogen-bond donors (Lipinski definition) is 2. The van der Waals surface area contributed by atoms with E-state index in [0.717, 1.165) is 49.5 Å². The Hall–Kier alpha value is -1.63. The summed E-state index contributed by atoms with van der Waals surface area (Å²) >= 11 is 1.45. The molecule has 0 bridgehead atoms. The van der Waals surface area contributed by atoms with E-state index < -0.39 is 0 Å². The predicted octanol–water partition coefficient (Wildman–Crippen LogP) is 3.57. The molecule has 3 rings (SSSR count). The van der Waals surface area contributed by atoms with Crippen LogP contribution in [0.15, 0.2) is 29.6 Å². The maximum absolute atomic E-state index is 12.1. The molecule has 0 radical (unpaired) electrons. The van der Waals surface area contributed by atoms with Gasteiger partial charge in [0.15, 0.2) is 5.13 Å². The topological polar surface area (TPSA) is 63.2 Å². The zero-order valence-electron chi connectivity index (χ0n) is 13.6. The minimum Gasteiger partial charge on any atom is -0.494 e. The van der Waals surface area contributed by atoms with Crippen molar-refractivity contribution >= 4 is 34.8 Å². The Labute approximate surface area is 152 Å². The molecule has 0 aliphatic carbocycles. The van der Waals surface area contributed by atoms with Gasteiger partial charge < -0.3 is 15.4 Å². The molecule has 1 aliphatic rings. The SMILES string of the molecule is CCCOc1ccc(-c2csc(NC(=O)C3CCNC3)n2)cc1.Cl. The molecule has 1 fully saturated rings. The van der Waals surface area contributed by atoms with Gasteiger partial charge >= 0.3 is 0 Å². The molecule has 1 atom stereocenters. The van der Waals surface area contributed by atoms with E-state index in [4.69, 9.17) is 4.74 Å². The Balaban J connectivity index is 0.00000208. The number of rotatable bonds is 6. The highest BCUT2D eigenvalue weighted by Gasteiger charge is 2.23. The van der Waals surface area contributed by atoms with Gasteiger partial charge in [-0.05, 0) is 43.7 Å². The molecule has 24 heavy (non-hydrogen) atoms. The third kappa shape index (κ3) is 4.69. The number of amides is 1. The van der Waals surface area contributed by atoms with E-state index in [1.165, 1.54) is 11.3 Å². The smallest absolute Gasteiger partial charge is 0.230 e. The van der Waals surface area contributed by atoms with Gasteiger partial charge in [0.2, 0.25) is 5.91 Å². The van der Waals surface area contributed by atoms with Crippen LogP contribution in [-0.4, -0.2) is 30.6 Å². The standard InChI is InChI=1S/C17H21N3O2S.ClH/c1-2-9-22-14-5-3-12(4-6-14)15-11-23-17(19-15)20-16(21)13-7-8-18-10-13;/h3-6,11,13,18H,2,7-10H2,1H3,(H,19,20,21);1H. The molecule has 2 N–H and O–H groups in total. The van der Waals surface area contributed by atoms with Gasteiger partial charge in [-0.15, -0.1) is 23.7 Å². The lowest BCUT2D eigenvalue weighted by Gasteiger charge is -2.07. The number of carbonyl (C=O) groups excluding carboxylic acids is 1. The van der Waals surface area contributed by atoms with E-state index in [1.54, 1.807) is 0 Å². The number of benzene rings is 1. The summed E-state index contributed by atoms with van der Waals surface area (Å²) < 4.78 is 5.58. The zero-order valence-corrected chi connectivity index (χ0v) is 15.2. The molecule has 1 amide bonds. The maximum atomic E-state index is 12.1. The van der Waals surface area contributed by atoms with Crippen LogP contribution < -0.4 is 15.4 Å². The van der Waals surface area contributed by atoms with Crippen molar-refractivity contribution in [3.05, 3.63) is 29.6 Å². The predicted molar refractivity (Wildman–Crippen MR) is 100 cm³/mol. The monoisotopic (exact) mass is 367 g/mol. The van der Waals surface area contributed by atoms with Crippen LogP contribution >= 0.6 is 23.7 Å². The van der Waals surface area contributed by atoms with Crippen molar-refractivity contribution in [1.29, 1.82) is 0 Å². The third-order valence-electron chi connectivity index (χ3n) is 3.79. The first-order chi connectivity index (χ1) is 11.3. The average Bonchev–Trinajstić information content (AvgIpc) is 3.25. The Morgan fingerprint density at radius 2 is 2.21 bits per heavy atom. The number of carbonyl (C=O) groups is 1. The van der Waals surface area contributed by atoms with E-state index in [9.17, 15) is 4.79 Å². The van der Waals surface area contributed by atoms with Gasteiger partial charge in [-0.25, -0.2) is 4.98 Å². The molecular formula is C17H22ClN3O2S. The van der Waals surface area contributed by atoms with Crippen LogP contribution in [0.3, 0.4) is 0 Å². The average molecular weight is 368 g/mol. The fourth-order valence-corrected chi connectivity index (χ4v) is 3.21. The number of hydrogen-bond acceptors (Lipinski definition) is 5. The molecule has 2 aromatic rings. The highest BCUT2D eigenvalue weighted by atomic mass is 35.5. The Kier molecular flexibility index (Phi) is 7.02. The fourth-order valence-electron chi connectivity index (χ4n) is 2.49. The van der Waals surface area contributed by atoms with Gasteiger partial charge in [0.25, 0.3) is 0 Å². The number of aromatic nitrogens is 1. The Morgan fingerprint density at radius 3 is 2.88 bits per heavy atom. The second-order valence-corrected chi connectivity index (χ2v) is 6.45. The number of anilines is 1. The van der Waals surface area contributed by atoms with E-state index in [0.29, 0.717) is 5.13 Å². The number of nitrogens with zero attached hydrogens (tertiary/aromatic N) is 1. The van der Waals surface area contributed by atoms with Crippen LogP contribution in [0.4, 0.5) is 5.13 Å². The highest BCUT2D eigenvalue weighted by molar-refractivity contribution is 7.14. The minimum absolute atomic E-state index is 0. The quantitative estimate of drug-likeness (QED) is 0.819. The summed E-state index contributed by atoms with van der Waals surface area (Å²) in [4.78, 5) is 16.6. The maximum Gasteiger partial charge on any atom is 0.230 e. The van der Waals surface area contributed by atoms with E-state index in [-0.39, 0.29) is 24.2 Å². The lowest BCUT2D eigenvalue weighted by molar-refractivity contribution is -0.119. The van der Waals surface area contributed by atoms with Crippen molar-refractivity contribution in [2.45, 2.75) is 19.8 Å². The van der Waals surface area contributed by atoms with Gasteiger partial charge in [0, 0.05) is 17.5 Å². The summed E-state index contributed by atoms with van der Waals surface area (Å²) in [5.74, 6) is 0.977. The first-order valence-electron chi connectivity index (χ1n) is 7.96. The second kappa shape index (κ2) is 9.01. The summed E-state index contributed by atoms with van der Waals surface area (Å²) in [6, 6.07) is 7.89. The highest BCUT2D eigenvalue weighted by Crippen LogP contribution is 2.27. The lowest BCUT2D eigenvalue weighted by atomic mass is 10.1. The molecule has 1 unspecified atom stereocenters. The van der Waals surface area contributed by atoms with E-state index >= 15 is 0 Å². The normalized spacial score (nSPS) is 16.5. The lowest BCUT2D eigenvalue weighted by Crippen LogP contribution is -2.24. The summed E-state index contributed by atoms with van der Waals surface area (Å²) in [5.41, 5.74) is 1.89. The van der Waals surface area contributed by atoms with Gasteiger partial charge in [-0.2, -0.15) is 0 Å². The molecule has 0 saturated carbocycles. The third-order valence-corrected chi connectivity index (χ3v) is 4.55. The van der Waals surface area contributed by atoms with Crippen LogP contribution in [-0.2, 0) is 4.79 Å². The molecule has 1 aromatic heterocycles. The zero-order chi connectivity index (χ0) is 16.1. The summed E-state index contributed by atoms with van der Waals surface area (Å²) in [6.07, 6.45) is 1.89. The van der Waals surface area contributed by atoms with E-state index in [2.05, 4.69) is 22.5 Å². The molecule has 1 aromatic carbocycles. The Morgan fingerprint density at radius 1 is 1.42 bits per heavy atom. The van der Waals surface area contributed by atoms with Gasteiger partial charge in [-0.3, -0.25) is 4.79 Å². The van der Waals surface area contributed by atoms with Crippen molar-refractivity contribution in [3.8, 4) is 17.0 Å². The number of thiazole rings is 1. The number of ether oxygens (including phenoxy) is 1. The van der Waals surface area contributed by atoms with Crippen molar-refractivity contribution < 1.29 is 9.53 Å². The Bertz CT molecular complexity index is 654. The molecular weight excluding hydrogens is 346 g/mol. The molecule has 1 saturated heterocycles. The van der Waals surface area contributed by atoms with Crippen LogP contribution in [0.5, 0.6) is 5.75 Å². The van der Waals surface area contributed by atoms with Crippen molar-refractivity contribution in [3.63, 3.8) is 0 Å². The minimum atomic E-state index is 0. The van der Waals surface area contributed by atoms with Crippen molar-refractivity contribution in [2.24, 2.45) is 5.92 Å². The first-order valence-corrected chi connectivity index (χ1v) is 8.84. The van der Waals surface area contributed by atoms with Crippen LogP contribution in [0.1, 0.15) is 19.8 Å². The van der Waals surface area contributed by atoms with Gasteiger partial charge in [0.1, 0.15) is 5.75 Å². The van der Waals surface area contributed by atoms with Crippen molar-refractivity contribution in [2.75, 3.05) is 25.0 Å². The second-order valence-electron chi connectivity index (χ2n) is 5.59. The largest absolute Gasteiger partial charge is 0.494 e. The molecule has 5 nitrogen and oxygen atoms in total. The molecule has 1 aliphatic heterocycles. The summed E-state index contributed by atoms with van der Waals surface area (Å²) in [6.45, 7) is 4.47. The van der Waals surface area contributed by atoms with Crippen LogP contribution in [0.25, 0.3) is 11.3 Å². The fraction of sp³-hybridized carbons (Fsp3) is 0.412. The number of nitrogens with one attached hydrogen (secondary N) is 2. The first kappa shape index (κ1) is 18.7. The van der Waals surface area contributed by atoms with Crippen LogP contribution in [0, 0.1) is 5.92 Å². The van der Waals surface area contributed by atoms with Gasteiger partial charge in [0.05, 0.1) is 18.2 Å². The molecule has 0 spiro atoms.